The molecule has 0 radical (unpaired) electrons. The van der Waals surface area contributed by atoms with E-state index in [1.165, 1.54) is 0 Å². The number of rotatable bonds is 3. The average Bonchev–Trinajstić information content (AvgIpc) is 1.84. The van der Waals surface area contributed by atoms with E-state index in [4.69, 9.17) is 0 Å². The number of hydrogen-bond donors (Lipinski definition) is 1. The van der Waals surface area contributed by atoms with Gasteiger partial charge in [0, 0.05) is 0 Å². The first kappa shape index (κ1) is 9.89. The van der Waals surface area contributed by atoms with E-state index in [-0.39, 0.29) is 11.8 Å². The summed E-state index contributed by atoms with van der Waals surface area (Å²) in [5, 5.41) is 9.19. The highest BCUT2D eigenvalue weighted by molar-refractivity contribution is 4.72. The Bertz CT molecular complexity index is 79.3. The summed E-state index contributed by atoms with van der Waals surface area (Å²) in [5.41, 5.74) is 0. The van der Waals surface area contributed by atoms with Gasteiger partial charge in [-0.05, 0) is 11.8 Å². The summed E-state index contributed by atoms with van der Waals surface area (Å²) in [5.74, 6) is -0.0743. The highest BCUT2D eigenvalue weighted by atomic mass is 19.1. The van der Waals surface area contributed by atoms with Gasteiger partial charge >= 0.3 is 0 Å². The molecule has 0 aromatic heterocycles. The SMILES string of the molecule is CC(C)[C@@H](O)[C@H](F)C(C)C. The Labute approximate surface area is 62.3 Å². The zero-order chi connectivity index (χ0) is 8.31. The Morgan fingerprint density at radius 3 is 1.50 bits per heavy atom. The van der Waals surface area contributed by atoms with Crippen molar-refractivity contribution in [2.75, 3.05) is 0 Å². The molecule has 0 saturated carbocycles. The first-order valence-corrected chi connectivity index (χ1v) is 3.79. The lowest BCUT2D eigenvalue weighted by Crippen LogP contribution is -2.31. The van der Waals surface area contributed by atoms with Gasteiger partial charge in [-0.3, -0.25) is 0 Å². The van der Waals surface area contributed by atoms with Gasteiger partial charge in [0.1, 0.15) is 6.17 Å². The van der Waals surface area contributed by atoms with E-state index < -0.39 is 12.3 Å². The first-order chi connectivity index (χ1) is 4.46. The standard InChI is InChI=1S/C8H17FO/c1-5(2)7(9)8(10)6(3)4/h5-8,10H,1-4H3/t7-,8-/m1/s1. The number of aliphatic hydroxyl groups excluding tert-OH is 1. The topological polar surface area (TPSA) is 20.2 Å². The van der Waals surface area contributed by atoms with Crippen LogP contribution in [0.3, 0.4) is 0 Å². The molecule has 0 spiro atoms. The summed E-state index contributed by atoms with van der Waals surface area (Å²) in [6.07, 6.45) is -1.89. The summed E-state index contributed by atoms with van der Waals surface area (Å²) in [6, 6.07) is 0. The van der Waals surface area contributed by atoms with E-state index in [0.717, 1.165) is 0 Å². The molecule has 0 aliphatic rings. The predicted octanol–water partition coefficient (Wildman–Crippen LogP) is 2.00. The van der Waals surface area contributed by atoms with Crippen LogP contribution < -0.4 is 0 Å². The Kier molecular flexibility index (Phi) is 3.87. The van der Waals surface area contributed by atoms with E-state index in [0.29, 0.717) is 0 Å². The van der Waals surface area contributed by atoms with Crippen LogP contribution in [0.5, 0.6) is 0 Å². The molecular weight excluding hydrogens is 131 g/mol. The van der Waals surface area contributed by atoms with Crippen molar-refractivity contribution in [3.63, 3.8) is 0 Å². The smallest absolute Gasteiger partial charge is 0.128 e. The fraction of sp³-hybridized carbons (Fsp3) is 1.00. The highest BCUT2D eigenvalue weighted by Gasteiger charge is 2.23. The van der Waals surface area contributed by atoms with Crippen LogP contribution in [0.25, 0.3) is 0 Å². The van der Waals surface area contributed by atoms with Crippen LogP contribution in [-0.2, 0) is 0 Å². The molecule has 0 aliphatic carbocycles. The molecule has 0 aliphatic heterocycles. The maximum absolute atomic E-state index is 12.9. The largest absolute Gasteiger partial charge is 0.390 e. The molecule has 0 bridgehead atoms. The van der Waals surface area contributed by atoms with Gasteiger partial charge in [-0.15, -0.1) is 0 Å². The minimum atomic E-state index is -1.08. The number of aliphatic hydroxyl groups is 1. The van der Waals surface area contributed by atoms with Crippen LogP contribution in [0.15, 0.2) is 0 Å². The molecule has 0 aromatic rings. The van der Waals surface area contributed by atoms with Crippen LogP contribution in [0.4, 0.5) is 4.39 Å². The Balaban J connectivity index is 3.81. The van der Waals surface area contributed by atoms with Crippen molar-refractivity contribution >= 4 is 0 Å². The van der Waals surface area contributed by atoms with E-state index in [9.17, 15) is 9.50 Å². The van der Waals surface area contributed by atoms with Gasteiger partial charge in [-0.25, -0.2) is 4.39 Å². The summed E-state index contributed by atoms with van der Waals surface area (Å²) >= 11 is 0. The molecule has 2 heteroatoms. The van der Waals surface area contributed by atoms with Gasteiger partial charge in [0.15, 0.2) is 0 Å². The molecule has 0 unspecified atom stereocenters. The fourth-order valence-corrected chi connectivity index (χ4v) is 0.762. The lowest BCUT2D eigenvalue weighted by molar-refractivity contribution is 0.0188. The molecule has 0 heterocycles. The molecule has 0 aromatic carbocycles. The Morgan fingerprint density at radius 1 is 1.00 bits per heavy atom. The van der Waals surface area contributed by atoms with Crippen LogP contribution in [0.1, 0.15) is 27.7 Å². The number of halogens is 1. The van der Waals surface area contributed by atoms with Gasteiger partial charge in [0.25, 0.3) is 0 Å². The summed E-state index contributed by atoms with van der Waals surface area (Å²) in [6.45, 7) is 7.19. The molecule has 0 rings (SSSR count). The normalized spacial score (nSPS) is 18.0. The predicted molar refractivity (Wildman–Crippen MR) is 40.6 cm³/mol. The zero-order valence-electron chi connectivity index (χ0n) is 7.13. The van der Waals surface area contributed by atoms with Crippen LogP contribution in [-0.4, -0.2) is 17.4 Å². The Morgan fingerprint density at radius 2 is 1.40 bits per heavy atom. The molecule has 0 amide bonds. The second-order valence-electron chi connectivity index (χ2n) is 3.42. The summed E-state index contributed by atoms with van der Waals surface area (Å²) in [4.78, 5) is 0. The van der Waals surface area contributed by atoms with Gasteiger partial charge in [-0.2, -0.15) is 0 Å². The second kappa shape index (κ2) is 3.91. The van der Waals surface area contributed by atoms with Crippen LogP contribution in [0, 0.1) is 11.8 Å². The highest BCUT2D eigenvalue weighted by Crippen LogP contribution is 2.16. The van der Waals surface area contributed by atoms with Gasteiger partial charge in [0.2, 0.25) is 0 Å². The zero-order valence-corrected chi connectivity index (χ0v) is 7.13. The first-order valence-electron chi connectivity index (χ1n) is 3.79. The molecule has 1 N–H and O–H groups in total. The van der Waals surface area contributed by atoms with Gasteiger partial charge < -0.3 is 5.11 Å². The maximum Gasteiger partial charge on any atom is 0.128 e. The Hall–Kier alpha value is -0.110. The van der Waals surface area contributed by atoms with Crippen molar-refractivity contribution in [3.05, 3.63) is 0 Å². The van der Waals surface area contributed by atoms with E-state index in [1.807, 2.05) is 13.8 Å². The minimum absolute atomic E-state index is 0.0115. The summed E-state index contributed by atoms with van der Waals surface area (Å²) in [7, 11) is 0. The molecule has 0 saturated heterocycles. The van der Waals surface area contributed by atoms with Gasteiger partial charge in [0.05, 0.1) is 6.10 Å². The minimum Gasteiger partial charge on any atom is -0.390 e. The molecule has 1 nitrogen and oxygen atoms in total. The molecule has 2 atom stereocenters. The second-order valence-corrected chi connectivity index (χ2v) is 3.42. The van der Waals surface area contributed by atoms with Crippen molar-refractivity contribution in [2.24, 2.45) is 11.8 Å². The fourth-order valence-electron chi connectivity index (χ4n) is 0.762. The molecule has 0 fully saturated rings. The van der Waals surface area contributed by atoms with Crippen molar-refractivity contribution in [1.82, 2.24) is 0 Å². The summed E-state index contributed by atoms with van der Waals surface area (Å²) < 4.78 is 12.9. The lowest BCUT2D eigenvalue weighted by atomic mass is 9.95. The van der Waals surface area contributed by atoms with Crippen molar-refractivity contribution in [1.29, 1.82) is 0 Å². The number of hydrogen-bond acceptors (Lipinski definition) is 1. The van der Waals surface area contributed by atoms with Crippen molar-refractivity contribution in [3.8, 4) is 0 Å². The maximum atomic E-state index is 12.9. The van der Waals surface area contributed by atoms with E-state index >= 15 is 0 Å². The molecule has 62 valence electrons. The monoisotopic (exact) mass is 148 g/mol. The van der Waals surface area contributed by atoms with Crippen LogP contribution in [0.2, 0.25) is 0 Å². The van der Waals surface area contributed by atoms with Gasteiger partial charge in [-0.1, -0.05) is 27.7 Å². The van der Waals surface area contributed by atoms with Crippen molar-refractivity contribution in [2.45, 2.75) is 40.0 Å². The molecule has 10 heavy (non-hydrogen) atoms. The van der Waals surface area contributed by atoms with Crippen LogP contribution >= 0.6 is 0 Å². The third-order valence-corrected chi connectivity index (χ3v) is 1.65. The van der Waals surface area contributed by atoms with E-state index in [1.54, 1.807) is 13.8 Å². The molecular formula is C8H17FO. The van der Waals surface area contributed by atoms with Crippen molar-refractivity contribution < 1.29 is 9.50 Å². The quantitative estimate of drug-likeness (QED) is 0.649. The third kappa shape index (κ3) is 2.65. The third-order valence-electron chi connectivity index (χ3n) is 1.65. The van der Waals surface area contributed by atoms with E-state index in [2.05, 4.69) is 0 Å². The lowest BCUT2D eigenvalue weighted by Gasteiger charge is -2.21. The number of alkyl halides is 1. The average molecular weight is 148 g/mol.